The fourth-order valence-corrected chi connectivity index (χ4v) is 3.41. The van der Waals surface area contributed by atoms with E-state index < -0.39 is 0 Å². The Kier molecular flexibility index (Phi) is 5.17. The predicted molar refractivity (Wildman–Crippen MR) is 102 cm³/mol. The average molecular weight is 385 g/mol. The fourth-order valence-electron chi connectivity index (χ4n) is 3.41. The molecule has 4 rings (SSSR count). The molecule has 1 aliphatic carbocycles. The number of halogens is 1. The Hall–Kier alpha value is -2.67. The molecule has 0 spiro atoms. The zero-order valence-corrected chi connectivity index (χ0v) is 15.9. The number of benzene rings is 1. The van der Waals surface area contributed by atoms with Gasteiger partial charge in [0.2, 0.25) is 5.91 Å². The van der Waals surface area contributed by atoms with Gasteiger partial charge in [-0.2, -0.15) is 0 Å². The predicted octanol–water partition coefficient (Wildman–Crippen LogP) is 2.51. The molecular formula is C21H24FN3O3. The van der Waals surface area contributed by atoms with Gasteiger partial charge in [-0.25, -0.2) is 4.39 Å². The van der Waals surface area contributed by atoms with Crippen molar-refractivity contribution in [2.45, 2.75) is 31.8 Å². The number of nitrogens with zero attached hydrogens (tertiary/aromatic N) is 2. The molecule has 2 aromatic rings. The maximum Gasteiger partial charge on any atom is 0.289 e. The summed E-state index contributed by atoms with van der Waals surface area (Å²) in [5.41, 5.74) is 0.723. The van der Waals surface area contributed by atoms with Crippen molar-refractivity contribution in [3.05, 3.63) is 48.0 Å². The standard InChI is InChI=1S/C21H24FN3O3/c1-14(20(26)23-17-6-7-17)24-10-12-25(13-11-24)21(27)19-9-8-18(28-19)15-2-4-16(22)5-3-15/h2-5,8-9,14,17H,6-7,10-13H2,1H3,(H,23,26). The third kappa shape index (κ3) is 4.09. The summed E-state index contributed by atoms with van der Waals surface area (Å²) in [6, 6.07) is 9.50. The summed E-state index contributed by atoms with van der Waals surface area (Å²) in [5.74, 6) is 0.393. The summed E-state index contributed by atoms with van der Waals surface area (Å²) < 4.78 is 18.8. The Morgan fingerprint density at radius 3 is 2.39 bits per heavy atom. The molecule has 2 heterocycles. The molecule has 0 bridgehead atoms. The van der Waals surface area contributed by atoms with Crippen LogP contribution in [0, 0.1) is 5.82 Å². The van der Waals surface area contributed by atoms with Gasteiger partial charge in [0.1, 0.15) is 11.6 Å². The lowest BCUT2D eigenvalue weighted by atomic mass is 10.2. The van der Waals surface area contributed by atoms with E-state index in [0.717, 1.165) is 18.4 Å². The first-order valence-corrected chi connectivity index (χ1v) is 9.71. The van der Waals surface area contributed by atoms with Gasteiger partial charge in [0.25, 0.3) is 5.91 Å². The van der Waals surface area contributed by atoms with Crippen LogP contribution in [-0.4, -0.2) is 59.9 Å². The lowest BCUT2D eigenvalue weighted by Crippen LogP contribution is -2.55. The zero-order chi connectivity index (χ0) is 19.7. The number of hydrogen-bond donors (Lipinski definition) is 1. The van der Waals surface area contributed by atoms with Crippen LogP contribution in [0.25, 0.3) is 11.3 Å². The topological polar surface area (TPSA) is 65.8 Å². The maximum absolute atomic E-state index is 13.1. The van der Waals surface area contributed by atoms with Crippen LogP contribution in [0.1, 0.15) is 30.3 Å². The van der Waals surface area contributed by atoms with Crippen molar-refractivity contribution < 1.29 is 18.4 Å². The van der Waals surface area contributed by atoms with Crippen LogP contribution in [0.4, 0.5) is 4.39 Å². The van der Waals surface area contributed by atoms with Crippen LogP contribution < -0.4 is 5.32 Å². The van der Waals surface area contributed by atoms with E-state index in [-0.39, 0.29) is 29.4 Å². The number of hydrogen-bond acceptors (Lipinski definition) is 4. The summed E-state index contributed by atoms with van der Waals surface area (Å²) in [5, 5.41) is 3.03. The third-order valence-corrected chi connectivity index (χ3v) is 5.40. The highest BCUT2D eigenvalue weighted by Gasteiger charge is 2.31. The Balaban J connectivity index is 1.33. The summed E-state index contributed by atoms with van der Waals surface area (Å²) >= 11 is 0. The second kappa shape index (κ2) is 7.75. The van der Waals surface area contributed by atoms with Crippen molar-refractivity contribution in [2.75, 3.05) is 26.2 Å². The van der Waals surface area contributed by atoms with Crippen molar-refractivity contribution in [2.24, 2.45) is 0 Å². The molecule has 6 nitrogen and oxygen atoms in total. The molecule has 7 heteroatoms. The van der Waals surface area contributed by atoms with Crippen LogP contribution >= 0.6 is 0 Å². The molecule has 1 N–H and O–H groups in total. The molecular weight excluding hydrogens is 361 g/mol. The lowest BCUT2D eigenvalue weighted by molar-refractivity contribution is -0.126. The van der Waals surface area contributed by atoms with Gasteiger partial charge in [0.05, 0.1) is 6.04 Å². The highest BCUT2D eigenvalue weighted by Crippen LogP contribution is 2.24. The van der Waals surface area contributed by atoms with E-state index in [0.29, 0.717) is 38.0 Å². The van der Waals surface area contributed by atoms with Crippen molar-refractivity contribution in [3.63, 3.8) is 0 Å². The molecule has 1 atom stereocenters. The van der Waals surface area contributed by atoms with E-state index in [4.69, 9.17) is 4.42 Å². The summed E-state index contributed by atoms with van der Waals surface area (Å²) in [7, 11) is 0. The van der Waals surface area contributed by atoms with Crippen LogP contribution in [0.15, 0.2) is 40.8 Å². The normalized spacial score (nSPS) is 18.7. The van der Waals surface area contributed by atoms with Gasteiger partial charge in [0, 0.05) is 37.8 Å². The van der Waals surface area contributed by atoms with Gasteiger partial charge in [-0.1, -0.05) is 0 Å². The van der Waals surface area contributed by atoms with E-state index >= 15 is 0 Å². The van der Waals surface area contributed by atoms with Gasteiger partial charge in [-0.05, 0) is 56.2 Å². The smallest absolute Gasteiger partial charge is 0.289 e. The Labute approximate surface area is 163 Å². The van der Waals surface area contributed by atoms with Gasteiger partial charge in [0.15, 0.2) is 5.76 Å². The molecule has 2 aliphatic rings. The first-order valence-electron chi connectivity index (χ1n) is 9.71. The molecule has 1 aromatic carbocycles. The summed E-state index contributed by atoms with van der Waals surface area (Å²) in [6.07, 6.45) is 2.15. The molecule has 2 fully saturated rings. The largest absolute Gasteiger partial charge is 0.451 e. The highest BCUT2D eigenvalue weighted by atomic mass is 19.1. The van der Waals surface area contributed by atoms with E-state index in [2.05, 4.69) is 10.2 Å². The van der Waals surface area contributed by atoms with Crippen molar-refractivity contribution in [1.29, 1.82) is 0 Å². The molecule has 148 valence electrons. The Morgan fingerprint density at radius 1 is 1.07 bits per heavy atom. The van der Waals surface area contributed by atoms with Gasteiger partial charge in [-0.3, -0.25) is 14.5 Å². The molecule has 1 saturated carbocycles. The molecule has 1 saturated heterocycles. The minimum absolute atomic E-state index is 0.0669. The molecule has 28 heavy (non-hydrogen) atoms. The van der Waals surface area contributed by atoms with Crippen molar-refractivity contribution in [3.8, 4) is 11.3 Å². The van der Waals surface area contributed by atoms with E-state index in [1.165, 1.54) is 12.1 Å². The second-order valence-electron chi connectivity index (χ2n) is 7.46. The van der Waals surface area contributed by atoms with Crippen LogP contribution in [0.5, 0.6) is 0 Å². The number of rotatable bonds is 5. The van der Waals surface area contributed by atoms with Crippen LogP contribution in [0.3, 0.4) is 0 Å². The average Bonchev–Trinajstić information content (AvgIpc) is 3.39. The highest BCUT2D eigenvalue weighted by molar-refractivity contribution is 5.92. The van der Waals surface area contributed by atoms with E-state index in [1.807, 2.05) is 6.92 Å². The molecule has 2 amide bonds. The van der Waals surface area contributed by atoms with E-state index in [1.54, 1.807) is 29.2 Å². The fraction of sp³-hybridized carbons (Fsp3) is 0.429. The first kappa shape index (κ1) is 18.7. The third-order valence-electron chi connectivity index (χ3n) is 5.40. The van der Waals surface area contributed by atoms with Gasteiger partial charge in [-0.15, -0.1) is 0 Å². The number of amides is 2. The van der Waals surface area contributed by atoms with Gasteiger partial charge < -0.3 is 14.6 Å². The van der Waals surface area contributed by atoms with E-state index in [9.17, 15) is 14.0 Å². The van der Waals surface area contributed by atoms with Crippen LogP contribution in [-0.2, 0) is 4.79 Å². The molecule has 1 aromatic heterocycles. The Bertz CT molecular complexity index is 852. The molecule has 1 unspecified atom stereocenters. The summed E-state index contributed by atoms with van der Waals surface area (Å²) in [6.45, 7) is 4.31. The number of nitrogens with one attached hydrogen (secondary N) is 1. The number of carbonyl (C=O) groups excluding carboxylic acids is 2. The Morgan fingerprint density at radius 2 is 1.75 bits per heavy atom. The number of furan rings is 1. The van der Waals surface area contributed by atoms with Crippen molar-refractivity contribution in [1.82, 2.24) is 15.1 Å². The first-order chi connectivity index (χ1) is 13.5. The van der Waals surface area contributed by atoms with Crippen LogP contribution in [0.2, 0.25) is 0 Å². The lowest BCUT2D eigenvalue weighted by Gasteiger charge is -2.37. The molecule has 1 aliphatic heterocycles. The maximum atomic E-state index is 13.1. The number of piperazine rings is 1. The van der Waals surface area contributed by atoms with Gasteiger partial charge >= 0.3 is 0 Å². The SMILES string of the molecule is CC(C(=O)NC1CC1)N1CCN(C(=O)c2ccc(-c3ccc(F)cc3)o2)CC1. The minimum atomic E-state index is -0.315. The zero-order valence-electron chi connectivity index (χ0n) is 15.9. The second-order valence-corrected chi connectivity index (χ2v) is 7.46. The van der Waals surface area contributed by atoms with Crippen molar-refractivity contribution >= 4 is 11.8 Å². The quantitative estimate of drug-likeness (QED) is 0.859. The minimum Gasteiger partial charge on any atom is -0.451 e. The monoisotopic (exact) mass is 385 g/mol. The summed E-state index contributed by atoms with van der Waals surface area (Å²) in [4.78, 5) is 28.8. The number of carbonyl (C=O) groups is 2. The molecule has 0 radical (unpaired) electrons.